The van der Waals surface area contributed by atoms with E-state index in [1.807, 2.05) is 11.8 Å². The average Bonchev–Trinajstić information content (AvgIpc) is 2.50. The third kappa shape index (κ3) is 3.31. The van der Waals surface area contributed by atoms with E-state index in [-0.39, 0.29) is 17.7 Å². The maximum Gasteiger partial charge on any atom is 0.0834 e. The highest BCUT2D eigenvalue weighted by Crippen LogP contribution is 2.39. The lowest BCUT2D eigenvalue weighted by Crippen LogP contribution is -2.56. The summed E-state index contributed by atoms with van der Waals surface area (Å²) in [5.41, 5.74) is 3.06. The number of hydrogen-bond donors (Lipinski definition) is 2. The molecule has 3 aliphatic rings. The molecule has 3 atom stereocenters. The van der Waals surface area contributed by atoms with Gasteiger partial charge in [-0.1, -0.05) is 0 Å². The van der Waals surface area contributed by atoms with E-state index in [2.05, 4.69) is 5.43 Å². The van der Waals surface area contributed by atoms with Crippen molar-refractivity contribution in [3.63, 3.8) is 0 Å². The maximum absolute atomic E-state index is 6.12. The van der Waals surface area contributed by atoms with Crippen molar-refractivity contribution in [1.29, 1.82) is 0 Å². The zero-order chi connectivity index (χ0) is 13.8. The van der Waals surface area contributed by atoms with Crippen molar-refractivity contribution >= 4 is 11.8 Å². The minimum Gasteiger partial charge on any atom is -0.381 e. The van der Waals surface area contributed by atoms with Crippen molar-refractivity contribution < 1.29 is 14.2 Å². The lowest BCUT2D eigenvalue weighted by atomic mass is 9.77. The van der Waals surface area contributed by atoms with Crippen molar-refractivity contribution in [2.75, 3.05) is 37.9 Å². The van der Waals surface area contributed by atoms with Crippen LogP contribution in [0.3, 0.4) is 0 Å². The Morgan fingerprint density at radius 3 is 2.75 bits per heavy atom. The van der Waals surface area contributed by atoms with Crippen LogP contribution in [0.1, 0.15) is 25.7 Å². The standard InChI is InChI=1S/C14H26N2O3S/c15-16-13(12-10-20-8-7-18-12)11-1-4-19-14(9-11)2-5-17-6-3-14/h11-13,16H,1-10,15H2. The molecule has 0 aromatic carbocycles. The Hall–Kier alpha value is 0.150. The number of nitrogens with one attached hydrogen (secondary N) is 1. The van der Waals surface area contributed by atoms with Gasteiger partial charge >= 0.3 is 0 Å². The monoisotopic (exact) mass is 302 g/mol. The minimum atomic E-state index is 0.0259. The van der Waals surface area contributed by atoms with Gasteiger partial charge in [0.05, 0.1) is 24.4 Å². The Morgan fingerprint density at radius 1 is 1.20 bits per heavy atom. The van der Waals surface area contributed by atoms with E-state index >= 15 is 0 Å². The van der Waals surface area contributed by atoms with Crippen LogP contribution < -0.4 is 11.3 Å². The number of hydrogen-bond acceptors (Lipinski definition) is 6. The average molecular weight is 302 g/mol. The van der Waals surface area contributed by atoms with E-state index in [4.69, 9.17) is 20.1 Å². The van der Waals surface area contributed by atoms with Crippen LogP contribution in [-0.4, -0.2) is 55.7 Å². The van der Waals surface area contributed by atoms with Gasteiger partial charge in [0.1, 0.15) is 0 Å². The van der Waals surface area contributed by atoms with Crippen LogP contribution in [0.25, 0.3) is 0 Å². The normalized spacial score (nSPS) is 35.9. The molecule has 116 valence electrons. The first-order valence-electron chi connectivity index (χ1n) is 7.70. The molecule has 20 heavy (non-hydrogen) atoms. The second-order valence-corrected chi connectivity index (χ2v) is 7.22. The smallest absolute Gasteiger partial charge is 0.0834 e. The molecule has 0 radical (unpaired) electrons. The van der Waals surface area contributed by atoms with E-state index in [1.165, 1.54) is 0 Å². The van der Waals surface area contributed by atoms with E-state index in [0.717, 1.165) is 63.6 Å². The lowest BCUT2D eigenvalue weighted by Gasteiger charge is -2.46. The molecule has 0 aromatic rings. The zero-order valence-electron chi connectivity index (χ0n) is 12.0. The molecule has 6 heteroatoms. The van der Waals surface area contributed by atoms with Gasteiger partial charge in [-0.25, -0.2) is 0 Å². The van der Waals surface area contributed by atoms with Crippen LogP contribution in [0.5, 0.6) is 0 Å². The predicted molar refractivity (Wildman–Crippen MR) is 79.6 cm³/mol. The molecule has 3 N–H and O–H groups in total. The topological polar surface area (TPSA) is 65.7 Å². The highest BCUT2D eigenvalue weighted by atomic mass is 32.2. The summed E-state index contributed by atoms with van der Waals surface area (Å²) in [4.78, 5) is 0. The molecule has 3 aliphatic heterocycles. The Labute approximate surface area is 125 Å². The van der Waals surface area contributed by atoms with Crippen LogP contribution in [0.4, 0.5) is 0 Å². The molecular weight excluding hydrogens is 276 g/mol. The Balaban J connectivity index is 1.64. The second-order valence-electron chi connectivity index (χ2n) is 6.07. The SMILES string of the molecule is NNC(C1CCOC2(CCOCC2)C1)C1CSCCO1. The van der Waals surface area contributed by atoms with Gasteiger partial charge in [0, 0.05) is 31.3 Å². The quantitative estimate of drug-likeness (QED) is 0.597. The molecular formula is C14H26N2O3S. The van der Waals surface area contributed by atoms with E-state index in [0.29, 0.717) is 5.92 Å². The first-order chi connectivity index (χ1) is 9.83. The summed E-state index contributed by atoms with van der Waals surface area (Å²) >= 11 is 1.97. The summed E-state index contributed by atoms with van der Waals surface area (Å²) < 4.78 is 17.5. The number of hydrazine groups is 1. The number of nitrogens with two attached hydrogens (primary N) is 1. The summed E-state index contributed by atoms with van der Waals surface area (Å²) in [5.74, 6) is 8.53. The summed E-state index contributed by atoms with van der Waals surface area (Å²) in [6.45, 7) is 3.32. The van der Waals surface area contributed by atoms with Gasteiger partial charge < -0.3 is 14.2 Å². The van der Waals surface area contributed by atoms with E-state index < -0.39 is 0 Å². The number of ether oxygens (including phenoxy) is 3. The summed E-state index contributed by atoms with van der Waals surface area (Å²) in [5, 5.41) is 0. The molecule has 0 aromatic heterocycles. The van der Waals surface area contributed by atoms with E-state index in [9.17, 15) is 0 Å². The molecule has 3 unspecified atom stereocenters. The van der Waals surface area contributed by atoms with E-state index in [1.54, 1.807) is 0 Å². The Kier molecular flexibility index (Phi) is 5.23. The van der Waals surface area contributed by atoms with Crippen molar-refractivity contribution in [2.45, 2.75) is 43.4 Å². The van der Waals surface area contributed by atoms with Gasteiger partial charge in [-0.3, -0.25) is 11.3 Å². The molecule has 1 spiro atoms. The molecule has 3 rings (SSSR count). The minimum absolute atomic E-state index is 0.0259. The highest BCUT2D eigenvalue weighted by Gasteiger charge is 2.43. The van der Waals surface area contributed by atoms with Crippen LogP contribution in [-0.2, 0) is 14.2 Å². The van der Waals surface area contributed by atoms with Gasteiger partial charge in [-0.05, 0) is 31.6 Å². The first kappa shape index (κ1) is 15.1. The summed E-state index contributed by atoms with van der Waals surface area (Å²) in [6.07, 6.45) is 4.42. The van der Waals surface area contributed by atoms with Crippen molar-refractivity contribution in [1.82, 2.24) is 5.43 Å². The van der Waals surface area contributed by atoms with Gasteiger partial charge in [0.25, 0.3) is 0 Å². The lowest BCUT2D eigenvalue weighted by molar-refractivity contribution is -0.154. The van der Waals surface area contributed by atoms with Crippen molar-refractivity contribution in [3.05, 3.63) is 0 Å². The molecule has 3 heterocycles. The number of thioether (sulfide) groups is 1. The first-order valence-corrected chi connectivity index (χ1v) is 8.86. The van der Waals surface area contributed by atoms with Crippen LogP contribution >= 0.6 is 11.8 Å². The fourth-order valence-electron chi connectivity index (χ4n) is 3.72. The fourth-order valence-corrected chi connectivity index (χ4v) is 4.64. The molecule has 3 fully saturated rings. The van der Waals surface area contributed by atoms with Crippen LogP contribution in [0.15, 0.2) is 0 Å². The Bertz CT molecular complexity index is 301. The second kappa shape index (κ2) is 6.94. The van der Waals surface area contributed by atoms with Gasteiger partial charge in [-0.2, -0.15) is 11.8 Å². The molecule has 0 saturated carbocycles. The van der Waals surface area contributed by atoms with Gasteiger partial charge in [0.15, 0.2) is 0 Å². The van der Waals surface area contributed by atoms with Gasteiger partial charge in [0.2, 0.25) is 0 Å². The molecule has 3 saturated heterocycles. The third-order valence-corrected chi connectivity index (χ3v) is 5.90. The molecule has 0 aliphatic carbocycles. The summed E-state index contributed by atoms with van der Waals surface area (Å²) in [7, 11) is 0. The van der Waals surface area contributed by atoms with Crippen molar-refractivity contribution in [3.8, 4) is 0 Å². The largest absolute Gasteiger partial charge is 0.381 e. The Morgan fingerprint density at radius 2 is 2.05 bits per heavy atom. The van der Waals surface area contributed by atoms with Crippen molar-refractivity contribution in [2.24, 2.45) is 11.8 Å². The van der Waals surface area contributed by atoms with Crippen LogP contribution in [0.2, 0.25) is 0 Å². The molecule has 5 nitrogen and oxygen atoms in total. The maximum atomic E-state index is 6.12. The predicted octanol–water partition coefficient (Wildman–Crippen LogP) is 0.926. The van der Waals surface area contributed by atoms with Crippen LogP contribution in [0, 0.1) is 5.92 Å². The molecule has 0 bridgehead atoms. The van der Waals surface area contributed by atoms with Gasteiger partial charge in [-0.15, -0.1) is 0 Å². The summed E-state index contributed by atoms with van der Waals surface area (Å²) in [6, 6.07) is 0.242. The molecule has 0 amide bonds. The third-order valence-electron chi connectivity index (χ3n) is 4.88. The fraction of sp³-hybridized carbons (Fsp3) is 1.00. The number of rotatable bonds is 3. The highest BCUT2D eigenvalue weighted by molar-refractivity contribution is 7.99. The zero-order valence-corrected chi connectivity index (χ0v) is 12.8.